The van der Waals surface area contributed by atoms with Gasteiger partial charge in [0.25, 0.3) is 5.91 Å². The highest BCUT2D eigenvalue weighted by atomic mass is 32.2. The molecule has 0 radical (unpaired) electrons. The Balaban J connectivity index is 1.98. The quantitative estimate of drug-likeness (QED) is 0.781. The number of carbonyl (C=O) groups excluding carboxylic acids is 1. The van der Waals surface area contributed by atoms with Crippen molar-refractivity contribution in [3.05, 3.63) is 54.1 Å². The van der Waals surface area contributed by atoms with E-state index in [4.69, 9.17) is 5.14 Å². The smallest absolute Gasteiger partial charge is 0.251 e. The first-order chi connectivity index (χ1) is 9.95. The topological polar surface area (TPSA) is 101 Å². The number of amides is 1. The molecule has 0 fully saturated rings. The molecule has 1 unspecified atom stereocenters. The molecule has 0 saturated heterocycles. The van der Waals surface area contributed by atoms with Gasteiger partial charge in [-0.25, -0.2) is 13.6 Å². The number of carbonyl (C=O) groups is 1. The van der Waals surface area contributed by atoms with E-state index in [1.807, 2.05) is 30.3 Å². The highest BCUT2D eigenvalue weighted by Crippen LogP contribution is 2.33. The van der Waals surface area contributed by atoms with Crippen LogP contribution in [0.3, 0.4) is 0 Å². The van der Waals surface area contributed by atoms with Crippen LogP contribution in [-0.4, -0.2) is 14.3 Å². The maximum atomic E-state index is 12.2. The Hall–Kier alpha value is -2.38. The van der Waals surface area contributed by atoms with Crippen LogP contribution in [0.2, 0.25) is 0 Å². The van der Waals surface area contributed by atoms with E-state index in [2.05, 4.69) is 10.6 Å². The predicted octanol–water partition coefficient (Wildman–Crippen LogP) is 1.44. The van der Waals surface area contributed by atoms with Crippen LogP contribution in [0.4, 0.5) is 11.4 Å². The largest absolute Gasteiger partial charge is 0.368 e. The highest BCUT2D eigenvalue weighted by molar-refractivity contribution is 7.89. The summed E-state index contributed by atoms with van der Waals surface area (Å²) in [5.41, 5.74) is 1.88. The zero-order chi connectivity index (χ0) is 15.0. The van der Waals surface area contributed by atoms with Gasteiger partial charge < -0.3 is 10.6 Å². The molecule has 0 aromatic heterocycles. The molecule has 6 nitrogen and oxygen atoms in total. The van der Waals surface area contributed by atoms with Gasteiger partial charge in [0.2, 0.25) is 10.0 Å². The maximum absolute atomic E-state index is 12.2. The number of fused-ring (bicyclic) bond motifs is 1. The second-order valence-electron chi connectivity index (χ2n) is 4.73. The van der Waals surface area contributed by atoms with E-state index in [0.717, 1.165) is 5.56 Å². The van der Waals surface area contributed by atoms with E-state index in [9.17, 15) is 13.2 Å². The molecule has 0 aliphatic carbocycles. The second kappa shape index (κ2) is 4.87. The van der Waals surface area contributed by atoms with Crippen molar-refractivity contribution in [2.24, 2.45) is 5.14 Å². The Kier molecular flexibility index (Phi) is 3.15. The second-order valence-corrected chi connectivity index (χ2v) is 6.29. The summed E-state index contributed by atoms with van der Waals surface area (Å²) in [7, 11) is -3.80. The van der Waals surface area contributed by atoms with Gasteiger partial charge in [-0.2, -0.15) is 0 Å². The first kappa shape index (κ1) is 13.6. The van der Waals surface area contributed by atoms with Crippen molar-refractivity contribution < 1.29 is 13.2 Å². The van der Waals surface area contributed by atoms with Gasteiger partial charge in [0, 0.05) is 0 Å². The molecule has 1 aliphatic heterocycles. The number of hydrogen-bond donors (Lipinski definition) is 3. The number of nitrogens with two attached hydrogens (primary N) is 1. The van der Waals surface area contributed by atoms with E-state index >= 15 is 0 Å². The van der Waals surface area contributed by atoms with E-state index in [-0.39, 0.29) is 10.8 Å². The van der Waals surface area contributed by atoms with Crippen LogP contribution in [0.1, 0.15) is 11.6 Å². The van der Waals surface area contributed by atoms with Crippen molar-refractivity contribution >= 4 is 27.3 Å². The van der Waals surface area contributed by atoms with Crippen LogP contribution in [0, 0.1) is 0 Å². The van der Waals surface area contributed by atoms with Gasteiger partial charge in [-0.05, 0) is 23.8 Å². The molecule has 1 aliphatic rings. The lowest BCUT2D eigenvalue weighted by atomic mass is 10.0. The van der Waals surface area contributed by atoms with Gasteiger partial charge >= 0.3 is 0 Å². The van der Waals surface area contributed by atoms with Crippen LogP contribution in [-0.2, 0) is 14.8 Å². The summed E-state index contributed by atoms with van der Waals surface area (Å²) in [4.78, 5) is 12.1. The van der Waals surface area contributed by atoms with Crippen LogP contribution < -0.4 is 15.8 Å². The summed E-state index contributed by atoms with van der Waals surface area (Å²) in [6.07, 6.45) is 0. The fraction of sp³-hybridized carbons (Fsp3) is 0.0714. The summed E-state index contributed by atoms with van der Waals surface area (Å²) in [6.45, 7) is 0. The number of rotatable bonds is 2. The first-order valence-corrected chi connectivity index (χ1v) is 7.79. The summed E-state index contributed by atoms with van der Waals surface area (Å²) in [5, 5.41) is 10.9. The molecule has 7 heteroatoms. The Morgan fingerprint density at radius 1 is 1.00 bits per heavy atom. The lowest BCUT2D eigenvalue weighted by Gasteiger charge is -2.27. The van der Waals surface area contributed by atoms with Gasteiger partial charge in [-0.3, -0.25) is 4.79 Å². The van der Waals surface area contributed by atoms with E-state index < -0.39 is 16.1 Å². The van der Waals surface area contributed by atoms with Gasteiger partial charge in [0.05, 0.1) is 16.3 Å². The van der Waals surface area contributed by atoms with Gasteiger partial charge in [-0.1, -0.05) is 30.3 Å². The molecular weight excluding hydrogens is 290 g/mol. The summed E-state index contributed by atoms with van der Waals surface area (Å²) >= 11 is 0. The van der Waals surface area contributed by atoms with Crippen molar-refractivity contribution in [1.82, 2.24) is 0 Å². The minimum Gasteiger partial charge on any atom is -0.368 e. The van der Waals surface area contributed by atoms with Crippen LogP contribution in [0.5, 0.6) is 0 Å². The van der Waals surface area contributed by atoms with Crippen LogP contribution in [0.15, 0.2) is 53.4 Å². The SMILES string of the molecule is NS(=O)(=O)c1ccc2c(c1)NC(=O)C(c1ccccc1)N2. The lowest BCUT2D eigenvalue weighted by molar-refractivity contribution is -0.117. The van der Waals surface area contributed by atoms with Crippen molar-refractivity contribution in [2.45, 2.75) is 10.9 Å². The minimum absolute atomic E-state index is 0.0403. The Morgan fingerprint density at radius 2 is 1.71 bits per heavy atom. The monoisotopic (exact) mass is 303 g/mol. The number of benzene rings is 2. The number of sulfonamides is 1. The minimum atomic E-state index is -3.80. The zero-order valence-electron chi connectivity index (χ0n) is 10.9. The third kappa shape index (κ3) is 2.61. The number of hydrogen-bond acceptors (Lipinski definition) is 4. The van der Waals surface area contributed by atoms with Crippen molar-refractivity contribution in [3.63, 3.8) is 0 Å². The van der Waals surface area contributed by atoms with E-state index in [0.29, 0.717) is 11.4 Å². The molecule has 1 heterocycles. The third-order valence-electron chi connectivity index (χ3n) is 3.27. The predicted molar refractivity (Wildman–Crippen MR) is 79.3 cm³/mol. The summed E-state index contributed by atoms with van der Waals surface area (Å²) in [5.74, 6) is -0.250. The fourth-order valence-electron chi connectivity index (χ4n) is 2.24. The molecular formula is C14H13N3O3S. The average Bonchev–Trinajstić information content (AvgIpc) is 2.46. The van der Waals surface area contributed by atoms with Gasteiger partial charge in [0.15, 0.2) is 0 Å². The molecule has 2 aromatic carbocycles. The normalized spacial score (nSPS) is 17.6. The molecule has 2 aromatic rings. The number of nitrogens with one attached hydrogen (secondary N) is 2. The van der Waals surface area contributed by atoms with Gasteiger partial charge in [-0.15, -0.1) is 0 Å². The zero-order valence-corrected chi connectivity index (χ0v) is 11.7. The molecule has 4 N–H and O–H groups in total. The van der Waals surface area contributed by atoms with E-state index in [1.165, 1.54) is 12.1 Å². The molecule has 108 valence electrons. The Bertz CT molecular complexity index is 803. The molecule has 0 bridgehead atoms. The fourth-order valence-corrected chi connectivity index (χ4v) is 2.78. The molecule has 21 heavy (non-hydrogen) atoms. The van der Waals surface area contributed by atoms with E-state index in [1.54, 1.807) is 6.07 Å². The summed E-state index contributed by atoms with van der Waals surface area (Å²) < 4.78 is 22.7. The number of anilines is 2. The lowest BCUT2D eigenvalue weighted by Crippen LogP contribution is -2.32. The number of primary sulfonamides is 1. The molecule has 3 rings (SSSR count). The molecule has 0 spiro atoms. The average molecular weight is 303 g/mol. The third-order valence-corrected chi connectivity index (χ3v) is 4.18. The Morgan fingerprint density at radius 3 is 2.38 bits per heavy atom. The molecule has 0 saturated carbocycles. The standard InChI is InChI=1S/C14H13N3O3S/c15-21(19,20)10-6-7-11-12(8-10)17-14(18)13(16-11)9-4-2-1-3-5-9/h1-8,13,16H,(H,17,18)(H2,15,19,20). The Labute approximate surface area is 122 Å². The highest BCUT2D eigenvalue weighted by Gasteiger charge is 2.27. The van der Waals surface area contributed by atoms with Crippen molar-refractivity contribution in [2.75, 3.05) is 10.6 Å². The van der Waals surface area contributed by atoms with Gasteiger partial charge in [0.1, 0.15) is 6.04 Å². The summed E-state index contributed by atoms with van der Waals surface area (Å²) in [6, 6.07) is 13.1. The van der Waals surface area contributed by atoms with Crippen molar-refractivity contribution in [3.8, 4) is 0 Å². The molecule has 1 amide bonds. The molecule has 1 atom stereocenters. The van der Waals surface area contributed by atoms with Crippen LogP contribution >= 0.6 is 0 Å². The van der Waals surface area contributed by atoms with Crippen molar-refractivity contribution in [1.29, 1.82) is 0 Å². The maximum Gasteiger partial charge on any atom is 0.251 e. The first-order valence-electron chi connectivity index (χ1n) is 6.24. The van der Waals surface area contributed by atoms with Crippen LogP contribution in [0.25, 0.3) is 0 Å².